The third-order valence-corrected chi connectivity index (χ3v) is 5.26. The van der Waals surface area contributed by atoms with Crippen LogP contribution in [0.5, 0.6) is 5.75 Å². The molecule has 6 heteroatoms. The molecular weight excluding hydrogens is 393 g/mol. The number of ether oxygens (including phenoxy) is 1. The van der Waals surface area contributed by atoms with Gasteiger partial charge < -0.3 is 9.64 Å². The van der Waals surface area contributed by atoms with Crippen LogP contribution in [0.15, 0.2) is 46.9 Å². The van der Waals surface area contributed by atoms with E-state index in [4.69, 9.17) is 4.74 Å². The Morgan fingerprint density at radius 1 is 1.25 bits per heavy atom. The van der Waals surface area contributed by atoms with E-state index in [2.05, 4.69) is 15.9 Å². The van der Waals surface area contributed by atoms with E-state index in [-0.39, 0.29) is 11.7 Å². The van der Waals surface area contributed by atoms with Crippen LogP contribution in [-0.2, 0) is 17.1 Å². The minimum atomic E-state index is -0.302. The molecule has 0 bridgehead atoms. The molecule has 2 aromatic rings. The molecular formula is C18H19BrFNO2S. The van der Waals surface area contributed by atoms with Crippen molar-refractivity contribution in [3.8, 4) is 5.75 Å². The number of methoxy groups -OCH3 is 1. The van der Waals surface area contributed by atoms with Crippen molar-refractivity contribution in [2.24, 2.45) is 0 Å². The van der Waals surface area contributed by atoms with Gasteiger partial charge in [-0.1, -0.05) is 34.1 Å². The molecule has 0 fully saturated rings. The average molecular weight is 412 g/mol. The first-order valence-corrected chi connectivity index (χ1v) is 9.33. The molecule has 0 aliphatic heterocycles. The topological polar surface area (TPSA) is 29.5 Å². The number of hydrogen-bond acceptors (Lipinski definition) is 3. The van der Waals surface area contributed by atoms with Crippen molar-refractivity contribution >= 4 is 33.6 Å². The second-order valence-electron chi connectivity index (χ2n) is 5.29. The Morgan fingerprint density at radius 3 is 2.71 bits per heavy atom. The molecule has 0 spiro atoms. The number of hydrogen-bond donors (Lipinski definition) is 0. The minimum absolute atomic E-state index is 0.0334. The first-order valence-electron chi connectivity index (χ1n) is 7.38. The van der Waals surface area contributed by atoms with Crippen molar-refractivity contribution in [3.05, 3.63) is 63.9 Å². The smallest absolute Gasteiger partial charge is 0.232 e. The predicted octanol–water partition coefficient (Wildman–Crippen LogP) is 4.49. The summed E-state index contributed by atoms with van der Waals surface area (Å²) < 4.78 is 19.5. The highest BCUT2D eigenvalue weighted by Crippen LogP contribution is 2.24. The van der Waals surface area contributed by atoms with E-state index in [9.17, 15) is 9.18 Å². The lowest BCUT2D eigenvalue weighted by molar-refractivity contribution is -0.127. The lowest BCUT2D eigenvalue weighted by atomic mass is 10.2. The third kappa shape index (κ3) is 5.24. The molecule has 0 atom stereocenters. The molecule has 24 heavy (non-hydrogen) atoms. The summed E-state index contributed by atoms with van der Waals surface area (Å²) in [5.74, 6) is 1.23. The van der Waals surface area contributed by atoms with Crippen molar-refractivity contribution < 1.29 is 13.9 Å². The predicted molar refractivity (Wildman–Crippen MR) is 99.7 cm³/mol. The van der Waals surface area contributed by atoms with E-state index in [1.165, 1.54) is 23.9 Å². The van der Waals surface area contributed by atoms with E-state index in [0.29, 0.717) is 23.8 Å². The summed E-state index contributed by atoms with van der Waals surface area (Å²) in [6.07, 6.45) is 0. The maximum Gasteiger partial charge on any atom is 0.232 e. The maximum atomic E-state index is 13.3. The Kier molecular flexibility index (Phi) is 7.12. The van der Waals surface area contributed by atoms with Crippen molar-refractivity contribution in [2.75, 3.05) is 19.9 Å². The molecule has 0 saturated heterocycles. The molecule has 128 valence electrons. The molecule has 0 unspecified atom stereocenters. The fraction of sp³-hybridized carbons (Fsp3) is 0.278. The highest BCUT2D eigenvalue weighted by atomic mass is 79.9. The van der Waals surface area contributed by atoms with Crippen molar-refractivity contribution in [3.63, 3.8) is 0 Å². The Balaban J connectivity index is 1.87. The molecule has 3 nitrogen and oxygen atoms in total. The van der Waals surface area contributed by atoms with Gasteiger partial charge in [0.1, 0.15) is 11.6 Å². The molecule has 0 aliphatic rings. The van der Waals surface area contributed by atoms with Gasteiger partial charge in [0, 0.05) is 29.4 Å². The van der Waals surface area contributed by atoms with Crippen LogP contribution >= 0.6 is 27.7 Å². The summed E-state index contributed by atoms with van der Waals surface area (Å²) in [4.78, 5) is 13.9. The molecule has 0 aromatic heterocycles. The molecule has 0 N–H and O–H groups in total. The number of carbonyl (C=O) groups excluding carboxylic acids is 1. The van der Waals surface area contributed by atoms with Crippen LogP contribution in [0.25, 0.3) is 0 Å². The van der Waals surface area contributed by atoms with Crippen molar-refractivity contribution in [1.82, 2.24) is 4.90 Å². The highest BCUT2D eigenvalue weighted by Gasteiger charge is 2.12. The summed E-state index contributed by atoms with van der Waals surface area (Å²) in [5.41, 5.74) is 1.81. The SMILES string of the molecule is COc1ccc(F)cc1CSCC(=O)N(C)Cc1ccccc1Br. The maximum absolute atomic E-state index is 13.3. The van der Waals surface area contributed by atoms with Gasteiger partial charge in [0.2, 0.25) is 5.91 Å². The number of rotatable bonds is 7. The number of thioether (sulfide) groups is 1. The number of nitrogens with zero attached hydrogens (tertiary/aromatic N) is 1. The van der Waals surface area contributed by atoms with Crippen LogP contribution < -0.4 is 4.74 Å². The second kappa shape index (κ2) is 9.08. The van der Waals surface area contributed by atoms with Gasteiger partial charge in [0.25, 0.3) is 0 Å². The first-order chi connectivity index (χ1) is 11.5. The van der Waals surface area contributed by atoms with Gasteiger partial charge >= 0.3 is 0 Å². The Hall–Kier alpha value is -1.53. The van der Waals surface area contributed by atoms with E-state index >= 15 is 0 Å². The van der Waals surface area contributed by atoms with Crippen molar-refractivity contribution in [1.29, 1.82) is 0 Å². The van der Waals surface area contributed by atoms with E-state index in [0.717, 1.165) is 15.6 Å². The van der Waals surface area contributed by atoms with Crippen LogP contribution in [-0.4, -0.2) is 30.7 Å². The van der Waals surface area contributed by atoms with E-state index in [1.54, 1.807) is 25.1 Å². The van der Waals surface area contributed by atoms with Crippen LogP contribution in [0.2, 0.25) is 0 Å². The molecule has 0 aliphatic carbocycles. The van der Waals surface area contributed by atoms with E-state index < -0.39 is 0 Å². The lowest BCUT2D eigenvalue weighted by Crippen LogP contribution is -2.28. The average Bonchev–Trinajstić information content (AvgIpc) is 2.57. The first kappa shape index (κ1) is 18.8. The highest BCUT2D eigenvalue weighted by molar-refractivity contribution is 9.10. The van der Waals surface area contributed by atoms with Crippen LogP contribution in [0.1, 0.15) is 11.1 Å². The largest absolute Gasteiger partial charge is 0.496 e. The van der Waals surface area contributed by atoms with Gasteiger partial charge in [-0.05, 0) is 29.8 Å². The second-order valence-corrected chi connectivity index (χ2v) is 7.13. The van der Waals surface area contributed by atoms with Gasteiger partial charge in [-0.25, -0.2) is 4.39 Å². The molecule has 2 aromatic carbocycles. The van der Waals surface area contributed by atoms with Crippen LogP contribution in [0.3, 0.4) is 0 Å². The summed E-state index contributed by atoms with van der Waals surface area (Å²) >= 11 is 4.93. The minimum Gasteiger partial charge on any atom is -0.496 e. The van der Waals surface area contributed by atoms with E-state index in [1.807, 2.05) is 24.3 Å². The fourth-order valence-electron chi connectivity index (χ4n) is 2.19. The van der Waals surface area contributed by atoms with Gasteiger partial charge in [0.05, 0.1) is 12.9 Å². The monoisotopic (exact) mass is 411 g/mol. The summed E-state index contributed by atoms with van der Waals surface area (Å²) in [5, 5.41) is 0. The zero-order valence-corrected chi connectivity index (χ0v) is 16.0. The summed E-state index contributed by atoms with van der Waals surface area (Å²) in [6, 6.07) is 12.2. The Morgan fingerprint density at radius 2 is 2.00 bits per heavy atom. The molecule has 0 heterocycles. The van der Waals surface area contributed by atoms with Crippen LogP contribution in [0, 0.1) is 5.82 Å². The summed E-state index contributed by atoms with van der Waals surface area (Å²) in [7, 11) is 3.34. The number of benzene rings is 2. The number of carbonyl (C=O) groups is 1. The fourth-order valence-corrected chi connectivity index (χ4v) is 3.54. The number of amides is 1. The summed E-state index contributed by atoms with van der Waals surface area (Å²) in [6.45, 7) is 0.546. The van der Waals surface area contributed by atoms with Gasteiger partial charge in [-0.3, -0.25) is 4.79 Å². The van der Waals surface area contributed by atoms with Crippen LogP contribution in [0.4, 0.5) is 4.39 Å². The Labute approximate surface area is 154 Å². The van der Waals surface area contributed by atoms with Crippen molar-refractivity contribution in [2.45, 2.75) is 12.3 Å². The molecule has 1 amide bonds. The molecule has 0 radical (unpaired) electrons. The third-order valence-electron chi connectivity index (χ3n) is 3.52. The van der Waals surface area contributed by atoms with Gasteiger partial charge in [-0.15, -0.1) is 11.8 Å². The quantitative estimate of drug-likeness (QED) is 0.671. The molecule has 2 rings (SSSR count). The number of halogens is 2. The standard InChI is InChI=1S/C18H19BrFNO2S/c1-21(10-13-5-3-4-6-16(13)19)18(22)12-24-11-14-9-15(20)7-8-17(14)23-2/h3-9H,10-12H2,1-2H3. The molecule has 0 saturated carbocycles. The van der Waals surface area contributed by atoms with Gasteiger partial charge in [0.15, 0.2) is 0 Å². The zero-order chi connectivity index (χ0) is 17.5. The van der Waals surface area contributed by atoms with Gasteiger partial charge in [-0.2, -0.15) is 0 Å². The Bertz CT molecular complexity index is 711. The zero-order valence-electron chi connectivity index (χ0n) is 13.6. The normalized spacial score (nSPS) is 10.5. The lowest BCUT2D eigenvalue weighted by Gasteiger charge is -2.18.